The minimum absolute atomic E-state index is 0.173. The molecule has 0 radical (unpaired) electrons. The van der Waals surface area contributed by atoms with Gasteiger partial charge in [0, 0.05) is 57.0 Å². The van der Waals surface area contributed by atoms with E-state index in [0.717, 1.165) is 69.0 Å². The topological polar surface area (TPSA) is 74.0 Å². The van der Waals surface area contributed by atoms with Gasteiger partial charge in [0.2, 0.25) is 5.91 Å². The van der Waals surface area contributed by atoms with Crippen molar-refractivity contribution in [3.63, 3.8) is 0 Å². The van der Waals surface area contributed by atoms with E-state index in [1.807, 2.05) is 17.2 Å². The third kappa shape index (κ3) is 5.99. The number of aryl methyl sites for hydroxylation is 1. The van der Waals surface area contributed by atoms with E-state index in [1.54, 1.807) is 0 Å². The molecule has 2 aromatic rings. The number of nitrogens with one attached hydrogen (secondary N) is 2. The third-order valence-electron chi connectivity index (χ3n) is 6.19. The number of nitrogens with zero attached hydrogens (tertiary/aromatic N) is 4. The van der Waals surface area contributed by atoms with Crippen LogP contribution >= 0.6 is 0 Å². The van der Waals surface area contributed by atoms with Gasteiger partial charge in [-0.05, 0) is 51.2 Å². The van der Waals surface area contributed by atoms with Crippen LogP contribution in [0.5, 0.6) is 0 Å². The molecule has 1 fully saturated rings. The monoisotopic (exact) mass is 426 g/mol. The average molecular weight is 427 g/mol. The van der Waals surface area contributed by atoms with Crippen molar-refractivity contribution in [2.75, 3.05) is 26.2 Å². The fourth-order valence-electron chi connectivity index (χ4n) is 4.26. The number of carbonyl (C=O) groups excluding carboxylic acids is 1. The maximum Gasteiger partial charge on any atom is 0.225 e. The number of pyridine rings is 1. The van der Waals surface area contributed by atoms with Gasteiger partial charge in [-0.2, -0.15) is 0 Å². The fourth-order valence-corrected chi connectivity index (χ4v) is 4.26. The van der Waals surface area contributed by atoms with E-state index in [-0.39, 0.29) is 5.92 Å². The molecule has 0 bridgehead atoms. The van der Waals surface area contributed by atoms with Crippen LogP contribution in [-0.2, 0) is 11.2 Å². The summed E-state index contributed by atoms with van der Waals surface area (Å²) in [5.74, 6) is 1.35. The van der Waals surface area contributed by atoms with Crippen molar-refractivity contribution in [2.24, 2.45) is 10.9 Å². The Kier molecular flexibility index (Phi) is 8.32. The molecule has 0 aromatic carbocycles. The van der Waals surface area contributed by atoms with Crippen LogP contribution in [0.3, 0.4) is 0 Å². The van der Waals surface area contributed by atoms with Crippen molar-refractivity contribution < 1.29 is 4.79 Å². The molecule has 0 unspecified atom stereocenters. The van der Waals surface area contributed by atoms with Crippen molar-refractivity contribution in [3.8, 4) is 0 Å². The molecular formula is C24H38N6O. The molecule has 1 saturated heterocycles. The Hall–Kier alpha value is -2.57. The van der Waals surface area contributed by atoms with Gasteiger partial charge in [0.1, 0.15) is 5.65 Å². The summed E-state index contributed by atoms with van der Waals surface area (Å²) in [5, 5.41) is 6.93. The molecule has 0 saturated carbocycles. The van der Waals surface area contributed by atoms with Crippen molar-refractivity contribution in [1.29, 1.82) is 0 Å². The second-order valence-corrected chi connectivity index (χ2v) is 8.42. The molecule has 3 heterocycles. The SMILES string of the molecule is CCNC(=NCCc1cn2cccc(C)c2n1)NC1CCN(C(=O)C(CC)CC)CC1. The summed E-state index contributed by atoms with van der Waals surface area (Å²) in [4.78, 5) is 24.2. The van der Waals surface area contributed by atoms with Gasteiger partial charge in [-0.3, -0.25) is 9.79 Å². The van der Waals surface area contributed by atoms with Crippen LogP contribution in [0.2, 0.25) is 0 Å². The van der Waals surface area contributed by atoms with Crippen molar-refractivity contribution in [2.45, 2.75) is 65.8 Å². The number of aromatic nitrogens is 2. The number of rotatable bonds is 8. The van der Waals surface area contributed by atoms with E-state index in [4.69, 9.17) is 9.98 Å². The highest BCUT2D eigenvalue weighted by Gasteiger charge is 2.26. The number of aliphatic imine (C=N–C) groups is 1. The van der Waals surface area contributed by atoms with E-state index < -0.39 is 0 Å². The molecule has 7 heteroatoms. The first-order chi connectivity index (χ1) is 15.0. The second kappa shape index (κ2) is 11.2. The van der Waals surface area contributed by atoms with Gasteiger partial charge in [0.25, 0.3) is 0 Å². The van der Waals surface area contributed by atoms with Crippen LogP contribution < -0.4 is 10.6 Å². The minimum atomic E-state index is 0.173. The van der Waals surface area contributed by atoms with Crippen LogP contribution in [-0.4, -0.2) is 58.4 Å². The number of likely N-dealkylation sites (tertiary alicyclic amines) is 1. The first kappa shape index (κ1) is 23.1. The number of hydrogen-bond acceptors (Lipinski definition) is 3. The largest absolute Gasteiger partial charge is 0.357 e. The predicted octanol–water partition coefficient (Wildman–Crippen LogP) is 3.17. The molecule has 2 aromatic heterocycles. The standard InChI is InChI=1S/C24H38N6O/c1-5-19(6-2)23(31)29-15-11-20(12-16-29)28-24(25-7-3)26-13-10-21-17-30-14-8-9-18(4)22(30)27-21/h8-9,14,17,19-20H,5-7,10-13,15-16H2,1-4H3,(H2,25,26,28). The number of guanidine groups is 1. The Morgan fingerprint density at radius 2 is 2.00 bits per heavy atom. The van der Waals surface area contributed by atoms with Crippen LogP contribution in [0, 0.1) is 12.8 Å². The summed E-state index contributed by atoms with van der Waals surface area (Å²) in [6.45, 7) is 11.5. The van der Waals surface area contributed by atoms with Crippen LogP contribution in [0.4, 0.5) is 0 Å². The smallest absolute Gasteiger partial charge is 0.225 e. The van der Waals surface area contributed by atoms with Gasteiger partial charge >= 0.3 is 0 Å². The Balaban J connectivity index is 1.51. The molecule has 3 rings (SSSR count). The van der Waals surface area contributed by atoms with Crippen LogP contribution in [0.1, 0.15) is 57.7 Å². The zero-order chi connectivity index (χ0) is 22.2. The summed E-state index contributed by atoms with van der Waals surface area (Å²) in [5.41, 5.74) is 3.25. The summed E-state index contributed by atoms with van der Waals surface area (Å²) in [7, 11) is 0. The third-order valence-corrected chi connectivity index (χ3v) is 6.19. The Labute approximate surface area is 186 Å². The van der Waals surface area contributed by atoms with Crippen molar-refractivity contribution >= 4 is 17.5 Å². The van der Waals surface area contributed by atoms with Gasteiger partial charge in [0.05, 0.1) is 5.69 Å². The molecule has 0 spiro atoms. The van der Waals surface area contributed by atoms with Gasteiger partial charge in [-0.25, -0.2) is 4.98 Å². The Morgan fingerprint density at radius 3 is 2.65 bits per heavy atom. The summed E-state index contributed by atoms with van der Waals surface area (Å²) in [6, 6.07) is 4.48. The molecule has 1 aliphatic heterocycles. The van der Waals surface area contributed by atoms with E-state index in [1.165, 1.54) is 5.56 Å². The van der Waals surface area contributed by atoms with E-state index >= 15 is 0 Å². The highest BCUT2D eigenvalue weighted by atomic mass is 16.2. The Bertz CT molecular complexity index is 877. The number of amides is 1. The maximum atomic E-state index is 12.6. The Morgan fingerprint density at radius 1 is 1.26 bits per heavy atom. The highest BCUT2D eigenvalue weighted by Crippen LogP contribution is 2.17. The van der Waals surface area contributed by atoms with Gasteiger partial charge < -0.3 is 19.9 Å². The van der Waals surface area contributed by atoms with Gasteiger partial charge in [-0.15, -0.1) is 0 Å². The van der Waals surface area contributed by atoms with Gasteiger partial charge in [-0.1, -0.05) is 19.9 Å². The molecule has 170 valence electrons. The van der Waals surface area contributed by atoms with Crippen LogP contribution in [0.15, 0.2) is 29.5 Å². The highest BCUT2D eigenvalue weighted by molar-refractivity contribution is 5.80. The second-order valence-electron chi connectivity index (χ2n) is 8.42. The summed E-state index contributed by atoms with van der Waals surface area (Å²) < 4.78 is 2.08. The first-order valence-electron chi connectivity index (χ1n) is 11.8. The minimum Gasteiger partial charge on any atom is -0.357 e. The molecule has 1 aliphatic rings. The lowest BCUT2D eigenvalue weighted by molar-refractivity contribution is -0.136. The predicted molar refractivity (Wildman–Crippen MR) is 126 cm³/mol. The zero-order valence-corrected chi connectivity index (χ0v) is 19.5. The van der Waals surface area contributed by atoms with E-state index in [0.29, 0.717) is 18.5 Å². The number of fused-ring (bicyclic) bond motifs is 1. The number of imidazole rings is 1. The lowest BCUT2D eigenvalue weighted by atomic mass is 9.98. The molecular weight excluding hydrogens is 388 g/mol. The number of hydrogen-bond donors (Lipinski definition) is 2. The zero-order valence-electron chi connectivity index (χ0n) is 19.5. The molecule has 1 amide bonds. The van der Waals surface area contributed by atoms with Crippen molar-refractivity contribution in [1.82, 2.24) is 24.9 Å². The number of carbonyl (C=O) groups is 1. The van der Waals surface area contributed by atoms with E-state index in [2.05, 4.69) is 55.0 Å². The van der Waals surface area contributed by atoms with Gasteiger partial charge in [0.15, 0.2) is 5.96 Å². The first-order valence-corrected chi connectivity index (χ1v) is 11.8. The molecule has 0 aliphatic carbocycles. The molecule has 7 nitrogen and oxygen atoms in total. The normalized spacial score (nSPS) is 15.6. The van der Waals surface area contributed by atoms with Crippen molar-refractivity contribution in [3.05, 3.63) is 35.8 Å². The molecule has 31 heavy (non-hydrogen) atoms. The fraction of sp³-hybridized carbons (Fsp3) is 0.625. The van der Waals surface area contributed by atoms with Crippen LogP contribution in [0.25, 0.3) is 5.65 Å². The average Bonchev–Trinajstić information content (AvgIpc) is 3.19. The lowest BCUT2D eigenvalue weighted by Gasteiger charge is -2.34. The lowest BCUT2D eigenvalue weighted by Crippen LogP contribution is -2.50. The quantitative estimate of drug-likeness (QED) is 0.502. The summed E-state index contributed by atoms with van der Waals surface area (Å²) in [6.07, 6.45) is 8.70. The van der Waals surface area contributed by atoms with E-state index in [9.17, 15) is 4.79 Å². The number of piperidine rings is 1. The molecule has 0 atom stereocenters. The maximum absolute atomic E-state index is 12.6. The summed E-state index contributed by atoms with van der Waals surface area (Å²) >= 11 is 0. The molecule has 2 N–H and O–H groups in total.